The molecule has 1 aromatic carbocycles. The standard InChI is InChI=1S/C12H19NO3S2/c1-18(15,16)9-8-17(14)7-3-5-11-4-2-6-12(13)10-11/h2,4,6,10H,3,5,7-9,13H2,1H3. The molecule has 4 nitrogen and oxygen atoms in total. The molecule has 1 aromatic rings. The van der Waals surface area contributed by atoms with Crippen LogP contribution in [0.25, 0.3) is 0 Å². The third-order valence-electron chi connectivity index (χ3n) is 2.47. The lowest BCUT2D eigenvalue weighted by Gasteiger charge is -2.03. The smallest absolute Gasteiger partial charge is 0.148 e. The maximum Gasteiger partial charge on any atom is 0.148 e. The SMILES string of the molecule is CS(=O)(=O)CCS(=O)CCCc1cccc(N)c1. The van der Waals surface area contributed by atoms with E-state index in [0.717, 1.165) is 30.3 Å². The van der Waals surface area contributed by atoms with E-state index < -0.39 is 20.6 Å². The number of sulfone groups is 1. The van der Waals surface area contributed by atoms with Gasteiger partial charge in [0.15, 0.2) is 0 Å². The van der Waals surface area contributed by atoms with Crippen LogP contribution in [0.3, 0.4) is 0 Å². The van der Waals surface area contributed by atoms with Crippen molar-refractivity contribution in [2.24, 2.45) is 0 Å². The summed E-state index contributed by atoms with van der Waals surface area (Å²) < 4.78 is 33.4. The highest BCUT2D eigenvalue weighted by molar-refractivity contribution is 7.92. The highest BCUT2D eigenvalue weighted by Crippen LogP contribution is 2.09. The van der Waals surface area contributed by atoms with Gasteiger partial charge in [0.25, 0.3) is 0 Å². The molecule has 1 rings (SSSR count). The Balaban J connectivity index is 2.28. The molecule has 0 saturated heterocycles. The predicted octanol–water partition coefficient (Wildman–Crippen LogP) is 0.995. The van der Waals surface area contributed by atoms with Gasteiger partial charge in [-0.25, -0.2) is 8.42 Å². The van der Waals surface area contributed by atoms with Crippen LogP contribution in [0.2, 0.25) is 0 Å². The number of hydrogen-bond acceptors (Lipinski definition) is 4. The fourth-order valence-corrected chi connectivity index (χ4v) is 4.16. The van der Waals surface area contributed by atoms with E-state index in [1.54, 1.807) is 0 Å². The van der Waals surface area contributed by atoms with Gasteiger partial charge < -0.3 is 5.73 Å². The maximum atomic E-state index is 11.6. The Kier molecular flexibility index (Phi) is 5.81. The van der Waals surface area contributed by atoms with E-state index in [1.807, 2.05) is 24.3 Å². The number of aryl methyl sites for hydroxylation is 1. The fraction of sp³-hybridized carbons (Fsp3) is 0.500. The first-order valence-corrected chi connectivity index (χ1v) is 9.29. The van der Waals surface area contributed by atoms with E-state index in [9.17, 15) is 12.6 Å². The summed E-state index contributed by atoms with van der Waals surface area (Å²) in [6.45, 7) is 0. The molecule has 2 N–H and O–H groups in total. The average Bonchev–Trinajstić information content (AvgIpc) is 2.25. The second-order valence-electron chi connectivity index (χ2n) is 4.33. The highest BCUT2D eigenvalue weighted by Gasteiger charge is 2.06. The fourth-order valence-electron chi connectivity index (χ4n) is 1.53. The van der Waals surface area contributed by atoms with Crippen LogP contribution in [-0.2, 0) is 27.1 Å². The number of rotatable bonds is 7. The van der Waals surface area contributed by atoms with Crippen molar-refractivity contribution in [1.29, 1.82) is 0 Å². The highest BCUT2D eigenvalue weighted by atomic mass is 32.2. The zero-order valence-corrected chi connectivity index (χ0v) is 12.1. The minimum absolute atomic E-state index is 0.00209. The first kappa shape index (κ1) is 15.2. The molecule has 1 atom stereocenters. The van der Waals surface area contributed by atoms with E-state index in [0.29, 0.717) is 5.75 Å². The molecule has 0 heterocycles. The lowest BCUT2D eigenvalue weighted by Crippen LogP contribution is -2.13. The van der Waals surface area contributed by atoms with Crippen molar-refractivity contribution in [2.75, 3.05) is 29.2 Å². The van der Waals surface area contributed by atoms with Gasteiger partial charge in [0, 0.05) is 34.2 Å². The molecule has 0 aliphatic rings. The molecule has 6 heteroatoms. The Labute approximate surface area is 111 Å². The molecule has 0 saturated carbocycles. The quantitative estimate of drug-likeness (QED) is 0.760. The summed E-state index contributed by atoms with van der Waals surface area (Å²) in [5.41, 5.74) is 7.51. The summed E-state index contributed by atoms with van der Waals surface area (Å²) in [4.78, 5) is 0. The minimum Gasteiger partial charge on any atom is -0.399 e. The molecule has 0 bridgehead atoms. The molecule has 0 aromatic heterocycles. The van der Waals surface area contributed by atoms with Gasteiger partial charge in [0.05, 0.1) is 5.75 Å². The second-order valence-corrected chi connectivity index (χ2v) is 8.28. The van der Waals surface area contributed by atoms with Gasteiger partial charge in [0.2, 0.25) is 0 Å². The van der Waals surface area contributed by atoms with Crippen LogP contribution in [0, 0.1) is 0 Å². The van der Waals surface area contributed by atoms with Crippen LogP contribution < -0.4 is 5.73 Å². The van der Waals surface area contributed by atoms with E-state index in [4.69, 9.17) is 5.73 Å². The van der Waals surface area contributed by atoms with Gasteiger partial charge in [-0.05, 0) is 30.5 Å². The van der Waals surface area contributed by atoms with Gasteiger partial charge >= 0.3 is 0 Å². The molecule has 0 fully saturated rings. The summed E-state index contributed by atoms with van der Waals surface area (Å²) in [5.74, 6) is 0.762. The number of nitrogens with two attached hydrogens (primary N) is 1. The van der Waals surface area contributed by atoms with Crippen molar-refractivity contribution in [1.82, 2.24) is 0 Å². The molecule has 102 valence electrons. The molecule has 0 radical (unpaired) electrons. The first-order chi connectivity index (χ1) is 8.37. The molecular weight excluding hydrogens is 270 g/mol. The van der Waals surface area contributed by atoms with Crippen molar-refractivity contribution in [3.8, 4) is 0 Å². The van der Waals surface area contributed by atoms with E-state index in [-0.39, 0.29) is 11.5 Å². The van der Waals surface area contributed by atoms with Crippen LogP contribution >= 0.6 is 0 Å². The Morgan fingerprint density at radius 1 is 1.28 bits per heavy atom. The van der Waals surface area contributed by atoms with Crippen LogP contribution in [-0.4, -0.2) is 36.1 Å². The summed E-state index contributed by atoms with van der Waals surface area (Å²) in [7, 11) is -4.07. The van der Waals surface area contributed by atoms with Crippen LogP contribution in [0.4, 0.5) is 5.69 Å². The Hall–Kier alpha value is -0.880. The monoisotopic (exact) mass is 289 g/mol. The maximum absolute atomic E-state index is 11.6. The van der Waals surface area contributed by atoms with Crippen LogP contribution in [0.1, 0.15) is 12.0 Å². The average molecular weight is 289 g/mol. The van der Waals surface area contributed by atoms with Crippen LogP contribution in [0.15, 0.2) is 24.3 Å². The third kappa shape index (κ3) is 6.76. The minimum atomic E-state index is -3.01. The number of anilines is 1. The molecule has 0 amide bonds. The summed E-state index contributed by atoms with van der Waals surface area (Å²) in [5, 5.41) is 0. The molecule has 0 spiro atoms. The van der Waals surface area contributed by atoms with E-state index >= 15 is 0 Å². The predicted molar refractivity (Wildman–Crippen MR) is 76.8 cm³/mol. The first-order valence-electron chi connectivity index (χ1n) is 5.74. The largest absolute Gasteiger partial charge is 0.399 e. The van der Waals surface area contributed by atoms with Crippen molar-refractivity contribution >= 4 is 26.3 Å². The Morgan fingerprint density at radius 3 is 2.61 bits per heavy atom. The van der Waals surface area contributed by atoms with Crippen molar-refractivity contribution in [3.05, 3.63) is 29.8 Å². The Morgan fingerprint density at radius 2 is 2.00 bits per heavy atom. The second kappa shape index (κ2) is 6.89. The third-order valence-corrected chi connectivity index (χ3v) is 5.08. The summed E-state index contributed by atoms with van der Waals surface area (Å²) >= 11 is 0. The van der Waals surface area contributed by atoms with Crippen LogP contribution in [0.5, 0.6) is 0 Å². The molecule has 0 aliphatic carbocycles. The number of hydrogen-bond donors (Lipinski definition) is 1. The Bertz CT molecular complexity index is 512. The van der Waals surface area contributed by atoms with Crippen molar-refractivity contribution in [3.63, 3.8) is 0 Å². The van der Waals surface area contributed by atoms with E-state index in [2.05, 4.69) is 0 Å². The number of benzene rings is 1. The van der Waals surface area contributed by atoms with Gasteiger partial charge in [-0.15, -0.1) is 0 Å². The number of nitrogen functional groups attached to an aromatic ring is 1. The summed E-state index contributed by atoms with van der Waals surface area (Å²) in [6.07, 6.45) is 2.76. The van der Waals surface area contributed by atoms with E-state index in [1.165, 1.54) is 0 Å². The molecule has 0 aliphatic heterocycles. The zero-order valence-electron chi connectivity index (χ0n) is 10.5. The van der Waals surface area contributed by atoms with Crippen molar-refractivity contribution < 1.29 is 12.6 Å². The van der Waals surface area contributed by atoms with Gasteiger partial charge in [-0.2, -0.15) is 0 Å². The van der Waals surface area contributed by atoms with Gasteiger partial charge in [-0.1, -0.05) is 12.1 Å². The van der Waals surface area contributed by atoms with Gasteiger partial charge in [0.1, 0.15) is 9.84 Å². The summed E-state index contributed by atoms with van der Waals surface area (Å²) in [6, 6.07) is 7.61. The zero-order chi connectivity index (χ0) is 13.6. The van der Waals surface area contributed by atoms with Crippen molar-refractivity contribution in [2.45, 2.75) is 12.8 Å². The van der Waals surface area contributed by atoms with Gasteiger partial charge in [-0.3, -0.25) is 4.21 Å². The lowest BCUT2D eigenvalue weighted by atomic mass is 10.1. The molecular formula is C12H19NO3S2. The molecule has 1 unspecified atom stereocenters. The molecule has 18 heavy (non-hydrogen) atoms. The lowest BCUT2D eigenvalue weighted by molar-refractivity contribution is 0.602. The topological polar surface area (TPSA) is 77.2 Å². The normalized spacial score (nSPS) is 13.4.